The highest BCUT2D eigenvalue weighted by molar-refractivity contribution is 5.93. The van der Waals surface area contributed by atoms with Crippen LogP contribution < -0.4 is 5.32 Å². The summed E-state index contributed by atoms with van der Waals surface area (Å²) in [6.45, 7) is 10.1. The van der Waals surface area contributed by atoms with E-state index in [0.29, 0.717) is 18.5 Å². The standard InChI is InChI=1S/C18H28N2O/c1-13(2)10-11-20(16-8-9-16)12-17(21)19-18-14(3)6-5-7-15(18)4/h5-7,13,16H,8-12H2,1-4H3,(H,19,21). The lowest BCUT2D eigenvalue weighted by atomic mass is 10.1. The van der Waals surface area contributed by atoms with E-state index < -0.39 is 0 Å². The Hall–Kier alpha value is -1.35. The molecule has 1 aromatic rings. The zero-order valence-corrected chi connectivity index (χ0v) is 13.8. The van der Waals surface area contributed by atoms with Crippen LogP contribution in [-0.2, 0) is 4.79 Å². The van der Waals surface area contributed by atoms with Crippen LogP contribution in [0.25, 0.3) is 0 Å². The van der Waals surface area contributed by atoms with Crippen LogP contribution in [-0.4, -0.2) is 29.9 Å². The molecule has 116 valence electrons. The number of para-hydroxylation sites is 1. The number of carbonyl (C=O) groups excluding carboxylic acids is 1. The predicted octanol–water partition coefficient (Wildman–Crippen LogP) is 3.75. The van der Waals surface area contributed by atoms with Crippen molar-refractivity contribution in [1.82, 2.24) is 4.90 Å². The SMILES string of the molecule is Cc1cccc(C)c1NC(=O)CN(CCC(C)C)C1CC1. The van der Waals surface area contributed by atoms with Gasteiger partial charge in [0.1, 0.15) is 0 Å². The summed E-state index contributed by atoms with van der Waals surface area (Å²) in [6, 6.07) is 6.74. The monoisotopic (exact) mass is 288 g/mol. The second-order valence-electron chi connectivity index (χ2n) is 6.70. The molecule has 1 N–H and O–H groups in total. The number of aryl methyl sites for hydroxylation is 2. The Bertz CT molecular complexity index is 472. The topological polar surface area (TPSA) is 32.3 Å². The van der Waals surface area contributed by atoms with Gasteiger partial charge in [-0.3, -0.25) is 9.69 Å². The van der Waals surface area contributed by atoms with E-state index in [1.165, 1.54) is 12.8 Å². The number of amides is 1. The molecule has 0 radical (unpaired) electrons. The Morgan fingerprint density at radius 2 is 1.90 bits per heavy atom. The largest absolute Gasteiger partial charge is 0.324 e. The molecule has 1 aliphatic rings. The third kappa shape index (κ3) is 4.85. The molecule has 21 heavy (non-hydrogen) atoms. The molecule has 0 spiro atoms. The van der Waals surface area contributed by atoms with Crippen molar-refractivity contribution in [3.8, 4) is 0 Å². The minimum absolute atomic E-state index is 0.114. The first-order valence-electron chi connectivity index (χ1n) is 8.07. The van der Waals surface area contributed by atoms with Crippen molar-refractivity contribution in [2.75, 3.05) is 18.4 Å². The molecule has 0 heterocycles. The van der Waals surface area contributed by atoms with Crippen molar-refractivity contribution in [3.05, 3.63) is 29.3 Å². The fourth-order valence-corrected chi connectivity index (χ4v) is 2.63. The van der Waals surface area contributed by atoms with Crippen molar-refractivity contribution in [1.29, 1.82) is 0 Å². The van der Waals surface area contributed by atoms with E-state index in [1.807, 2.05) is 32.0 Å². The van der Waals surface area contributed by atoms with E-state index in [2.05, 4.69) is 24.1 Å². The minimum atomic E-state index is 0.114. The maximum absolute atomic E-state index is 12.4. The van der Waals surface area contributed by atoms with Crippen molar-refractivity contribution in [3.63, 3.8) is 0 Å². The van der Waals surface area contributed by atoms with Crippen LogP contribution in [0.2, 0.25) is 0 Å². The minimum Gasteiger partial charge on any atom is -0.324 e. The lowest BCUT2D eigenvalue weighted by Crippen LogP contribution is -2.36. The van der Waals surface area contributed by atoms with E-state index >= 15 is 0 Å². The second kappa shape index (κ2) is 7.08. The lowest BCUT2D eigenvalue weighted by molar-refractivity contribution is -0.117. The fourth-order valence-electron chi connectivity index (χ4n) is 2.63. The summed E-state index contributed by atoms with van der Waals surface area (Å²) in [6.07, 6.45) is 3.65. The molecule has 0 bridgehead atoms. The van der Waals surface area contributed by atoms with Crippen LogP contribution in [0.4, 0.5) is 5.69 Å². The number of anilines is 1. The molecule has 1 fully saturated rings. The van der Waals surface area contributed by atoms with Gasteiger partial charge in [0.05, 0.1) is 6.54 Å². The molecule has 0 atom stereocenters. The molecule has 0 aromatic heterocycles. The summed E-state index contributed by atoms with van der Waals surface area (Å²) in [4.78, 5) is 14.7. The molecule has 3 heteroatoms. The van der Waals surface area contributed by atoms with Gasteiger partial charge in [-0.15, -0.1) is 0 Å². The Labute approximate surface area is 128 Å². The van der Waals surface area contributed by atoms with Gasteiger partial charge in [0, 0.05) is 11.7 Å². The van der Waals surface area contributed by atoms with Gasteiger partial charge in [-0.1, -0.05) is 32.0 Å². The Kier molecular flexibility index (Phi) is 5.40. The van der Waals surface area contributed by atoms with E-state index in [4.69, 9.17) is 0 Å². The molecule has 1 saturated carbocycles. The first-order chi connectivity index (χ1) is 9.97. The molecule has 1 aliphatic carbocycles. The van der Waals surface area contributed by atoms with Crippen molar-refractivity contribution in [2.24, 2.45) is 5.92 Å². The van der Waals surface area contributed by atoms with Gasteiger partial charge < -0.3 is 5.32 Å². The highest BCUT2D eigenvalue weighted by Gasteiger charge is 2.30. The number of hydrogen-bond acceptors (Lipinski definition) is 2. The van der Waals surface area contributed by atoms with Gasteiger partial charge in [-0.2, -0.15) is 0 Å². The van der Waals surface area contributed by atoms with E-state index in [0.717, 1.165) is 29.8 Å². The average Bonchev–Trinajstić information content (AvgIpc) is 3.23. The van der Waals surface area contributed by atoms with Crippen LogP contribution in [0.3, 0.4) is 0 Å². The van der Waals surface area contributed by atoms with Gasteiger partial charge in [0.2, 0.25) is 5.91 Å². The van der Waals surface area contributed by atoms with Gasteiger partial charge >= 0.3 is 0 Å². The highest BCUT2D eigenvalue weighted by Crippen LogP contribution is 2.27. The first-order valence-corrected chi connectivity index (χ1v) is 8.07. The van der Waals surface area contributed by atoms with Crippen molar-refractivity contribution < 1.29 is 4.79 Å². The molecule has 1 amide bonds. The lowest BCUT2D eigenvalue weighted by Gasteiger charge is -2.23. The number of carbonyl (C=O) groups is 1. The number of benzene rings is 1. The zero-order valence-electron chi connectivity index (χ0n) is 13.8. The third-order valence-electron chi connectivity index (χ3n) is 4.15. The van der Waals surface area contributed by atoms with Crippen LogP contribution in [0.15, 0.2) is 18.2 Å². The molecule has 0 unspecified atom stereocenters. The number of rotatable bonds is 7. The van der Waals surface area contributed by atoms with E-state index in [9.17, 15) is 4.79 Å². The molecular weight excluding hydrogens is 260 g/mol. The van der Waals surface area contributed by atoms with Crippen LogP contribution in [0.5, 0.6) is 0 Å². The molecular formula is C18H28N2O. The molecule has 2 rings (SSSR count). The molecule has 0 aliphatic heterocycles. The summed E-state index contributed by atoms with van der Waals surface area (Å²) >= 11 is 0. The van der Waals surface area contributed by atoms with Gasteiger partial charge in [0.15, 0.2) is 0 Å². The molecule has 1 aromatic carbocycles. The average molecular weight is 288 g/mol. The summed E-state index contributed by atoms with van der Waals surface area (Å²) in [5, 5.41) is 3.10. The van der Waals surface area contributed by atoms with Crippen LogP contribution in [0, 0.1) is 19.8 Å². The summed E-state index contributed by atoms with van der Waals surface area (Å²) in [5.41, 5.74) is 3.23. The maximum Gasteiger partial charge on any atom is 0.238 e. The molecule has 3 nitrogen and oxygen atoms in total. The van der Waals surface area contributed by atoms with Gasteiger partial charge in [0.25, 0.3) is 0 Å². The number of nitrogens with one attached hydrogen (secondary N) is 1. The summed E-state index contributed by atoms with van der Waals surface area (Å²) < 4.78 is 0. The van der Waals surface area contributed by atoms with Gasteiger partial charge in [-0.25, -0.2) is 0 Å². The normalized spacial score (nSPS) is 14.8. The third-order valence-corrected chi connectivity index (χ3v) is 4.15. The van der Waals surface area contributed by atoms with Crippen molar-refractivity contribution >= 4 is 11.6 Å². The Morgan fingerprint density at radius 1 is 1.29 bits per heavy atom. The maximum atomic E-state index is 12.4. The zero-order chi connectivity index (χ0) is 15.4. The fraction of sp³-hybridized carbons (Fsp3) is 0.611. The quantitative estimate of drug-likeness (QED) is 0.828. The molecule has 0 saturated heterocycles. The number of nitrogens with zero attached hydrogens (tertiary/aromatic N) is 1. The Morgan fingerprint density at radius 3 is 2.43 bits per heavy atom. The smallest absolute Gasteiger partial charge is 0.238 e. The predicted molar refractivity (Wildman–Crippen MR) is 88.6 cm³/mol. The Balaban J connectivity index is 1.93. The van der Waals surface area contributed by atoms with Gasteiger partial charge in [-0.05, 0) is 56.7 Å². The van der Waals surface area contributed by atoms with Crippen LogP contribution in [0.1, 0.15) is 44.2 Å². The summed E-state index contributed by atoms with van der Waals surface area (Å²) in [5.74, 6) is 0.802. The van der Waals surface area contributed by atoms with Crippen LogP contribution >= 0.6 is 0 Å². The second-order valence-corrected chi connectivity index (χ2v) is 6.70. The summed E-state index contributed by atoms with van der Waals surface area (Å²) in [7, 11) is 0. The number of hydrogen-bond donors (Lipinski definition) is 1. The van der Waals surface area contributed by atoms with Crippen molar-refractivity contribution in [2.45, 2.75) is 53.0 Å². The van der Waals surface area contributed by atoms with E-state index in [1.54, 1.807) is 0 Å². The first kappa shape index (κ1) is 16.0. The highest BCUT2D eigenvalue weighted by atomic mass is 16.2. The van der Waals surface area contributed by atoms with E-state index in [-0.39, 0.29) is 5.91 Å².